The third-order valence-electron chi connectivity index (χ3n) is 5.98. The van der Waals surface area contributed by atoms with Crippen molar-refractivity contribution in [1.29, 1.82) is 0 Å². The van der Waals surface area contributed by atoms with Crippen molar-refractivity contribution >= 4 is 21.4 Å². The second kappa shape index (κ2) is 10.6. The van der Waals surface area contributed by atoms with Gasteiger partial charge in [0.2, 0.25) is 0 Å². The maximum absolute atomic E-state index is 13.0. The third kappa shape index (κ3) is 7.34. The first-order valence-corrected chi connectivity index (χ1v) is 17.2. The molecule has 156 valence electrons. The molecule has 0 aromatic heterocycles. The molecule has 0 bridgehead atoms. The highest BCUT2D eigenvalue weighted by atomic mass is 31.2. The molecule has 0 saturated heterocycles. The Hall–Kier alpha value is -0.0900. The lowest BCUT2D eigenvalue weighted by Crippen LogP contribution is -2.01. The summed E-state index contributed by atoms with van der Waals surface area (Å²) in [5, 5.41) is 0. The highest BCUT2D eigenvalue weighted by Crippen LogP contribution is 2.52. The quantitative estimate of drug-likeness (QED) is 0.324. The molecule has 0 heterocycles. The summed E-state index contributed by atoms with van der Waals surface area (Å²) in [5.74, 6) is 0. The van der Waals surface area contributed by atoms with E-state index in [1.54, 1.807) is 0 Å². The normalized spacial score (nSPS) is 13.1. The molecule has 0 amide bonds. The summed E-state index contributed by atoms with van der Waals surface area (Å²) < 4.78 is 39.1. The largest absolute Gasteiger partial charge is 0.323 e. The zero-order chi connectivity index (χ0) is 20.7. The molecule has 0 atom stereocenters. The maximum Gasteiger partial charge on any atom is 0.0914 e. The van der Waals surface area contributed by atoms with E-state index < -0.39 is 21.4 Å². The fourth-order valence-electron chi connectivity index (χ4n) is 3.45. The Balaban J connectivity index is 3.36. The molecule has 0 aliphatic heterocycles. The van der Waals surface area contributed by atoms with E-state index >= 15 is 0 Å². The Morgan fingerprint density at radius 1 is 0.481 bits per heavy atom. The standard InChI is InChI=1S/C21H39O3P3/c1-7-25(22,8-2)16-19-13-20(17-26(23,9-3)10-4)15-21(14-19)18-27(24,11-5)12-6/h13-15H,7-12,16-18H2,1-6H3. The van der Waals surface area contributed by atoms with Crippen LogP contribution in [0.5, 0.6) is 0 Å². The van der Waals surface area contributed by atoms with Crippen molar-refractivity contribution in [1.82, 2.24) is 0 Å². The molecular weight excluding hydrogens is 393 g/mol. The molecule has 3 nitrogen and oxygen atoms in total. The summed E-state index contributed by atoms with van der Waals surface area (Å²) in [4.78, 5) is 0. The van der Waals surface area contributed by atoms with Gasteiger partial charge in [-0.1, -0.05) is 59.7 Å². The van der Waals surface area contributed by atoms with E-state index in [1.807, 2.05) is 41.5 Å². The summed E-state index contributed by atoms with van der Waals surface area (Å²) in [7, 11) is -6.63. The van der Waals surface area contributed by atoms with Crippen molar-refractivity contribution in [2.24, 2.45) is 0 Å². The molecule has 0 aliphatic carbocycles. The van der Waals surface area contributed by atoms with Crippen LogP contribution in [-0.4, -0.2) is 37.0 Å². The minimum atomic E-state index is -2.21. The van der Waals surface area contributed by atoms with Gasteiger partial charge in [0.15, 0.2) is 0 Å². The van der Waals surface area contributed by atoms with Crippen LogP contribution in [0.1, 0.15) is 58.2 Å². The van der Waals surface area contributed by atoms with Crippen molar-refractivity contribution in [2.45, 2.75) is 60.0 Å². The second-order valence-electron chi connectivity index (χ2n) is 7.70. The molecular formula is C21H39O3P3. The molecule has 0 fully saturated rings. The number of hydrogen-bond acceptors (Lipinski definition) is 3. The summed E-state index contributed by atoms with van der Waals surface area (Å²) >= 11 is 0. The first-order valence-electron chi connectivity index (χ1n) is 10.4. The Kier molecular flexibility index (Phi) is 9.81. The monoisotopic (exact) mass is 432 g/mol. The van der Waals surface area contributed by atoms with Gasteiger partial charge >= 0.3 is 0 Å². The van der Waals surface area contributed by atoms with Gasteiger partial charge in [0.1, 0.15) is 0 Å². The molecule has 0 saturated carbocycles. The molecule has 0 N–H and O–H groups in total. The van der Waals surface area contributed by atoms with Gasteiger partial charge in [0.05, 0.1) is 21.4 Å². The van der Waals surface area contributed by atoms with Crippen molar-refractivity contribution in [3.05, 3.63) is 34.9 Å². The fourth-order valence-corrected chi connectivity index (χ4v) is 8.68. The molecule has 0 radical (unpaired) electrons. The predicted octanol–water partition coefficient (Wildman–Crippen LogP) is 7.40. The summed E-state index contributed by atoms with van der Waals surface area (Å²) in [6, 6.07) is 6.30. The van der Waals surface area contributed by atoms with Gasteiger partial charge < -0.3 is 13.7 Å². The highest BCUT2D eigenvalue weighted by molar-refractivity contribution is 7.63. The minimum absolute atomic E-state index is 0.589. The van der Waals surface area contributed by atoms with Crippen LogP contribution >= 0.6 is 21.4 Å². The SMILES string of the molecule is CCP(=O)(CC)Cc1cc(CP(=O)(CC)CC)cc(CP(=O)(CC)CC)c1. The summed E-state index contributed by atoms with van der Waals surface area (Å²) in [5.41, 5.74) is 3.19. The molecule has 6 heteroatoms. The zero-order valence-electron chi connectivity index (χ0n) is 18.2. The van der Waals surface area contributed by atoms with Gasteiger partial charge in [-0.25, -0.2) is 0 Å². The molecule has 0 spiro atoms. The van der Waals surface area contributed by atoms with Gasteiger partial charge in [0, 0.05) is 18.5 Å². The van der Waals surface area contributed by atoms with Crippen molar-refractivity contribution < 1.29 is 13.7 Å². The van der Waals surface area contributed by atoms with Gasteiger partial charge in [-0.3, -0.25) is 0 Å². The predicted molar refractivity (Wildman–Crippen MR) is 124 cm³/mol. The van der Waals surface area contributed by atoms with Crippen LogP contribution < -0.4 is 0 Å². The van der Waals surface area contributed by atoms with E-state index in [1.165, 1.54) is 0 Å². The summed E-state index contributed by atoms with van der Waals surface area (Å²) in [6.45, 7) is 12.0. The lowest BCUT2D eigenvalue weighted by atomic mass is 10.1. The molecule has 1 aromatic rings. The first-order chi connectivity index (χ1) is 12.6. The second-order valence-corrected chi connectivity index (χ2v) is 18.8. The zero-order valence-corrected chi connectivity index (χ0v) is 20.8. The molecule has 0 unspecified atom stereocenters. The van der Waals surface area contributed by atoms with E-state index in [4.69, 9.17) is 0 Å². The molecule has 0 aliphatic rings. The van der Waals surface area contributed by atoms with Crippen LogP contribution in [0, 0.1) is 0 Å². The average Bonchev–Trinajstić information content (AvgIpc) is 2.67. The molecule has 1 rings (SSSR count). The first kappa shape index (κ1) is 24.9. The van der Waals surface area contributed by atoms with Gasteiger partial charge in [-0.15, -0.1) is 0 Å². The Labute approximate surface area is 167 Å². The number of hydrogen-bond donors (Lipinski definition) is 0. The van der Waals surface area contributed by atoms with E-state index in [2.05, 4.69) is 18.2 Å². The minimum Gasteiger partial charge on any atom is -0.323 e. The van der Waals surface area contributed by atoms with Crippen molar-refractivity contribution in [3.8, 4) is 0 Å². The Morgan fingerprint density at radius 3 is 0.815 bits per heavy atom. The van der Waals surface area contributed by atoms with E-state index in [-0.39, 0.29) is 0 Å². The van der Waals surface area contributed by atoms with E-state index in [9.17, 15) is 13.7 Å². The number of benzene rings is 1. The maximum atomic E-state index is 13.0. The van der Waals surface area contributed by atoms with E-state index in [0.29, 0.717) is 55.5 Å². The topological polar surface area (TPSA) is 51.2 Å². The van der Waals surface area contributed by atoms with Gasteiger partial charge in [0.25, 0.3) is 0 Å². The van der Waals surface area contributed by atoms with E-state index in [0.717, 1.165) is 16.7 Å². The lowest BCUT2D eigenvalue weighted by molar-refractivity contribution is 0.575. The highest BCUT2D eigenvalue weighted by Gasteiger charge is 2.23. The van der Waals surface area contributed by atoms with Crippen LogP contribution in [0.15, 0.2) is 18.2 Å². The molecule has 1 aromatic carbocycles. The lowest BCUT2D eigenvalue weighted by Gasteiger charge is -2.20. The van der Waals surface area contributed by atoms with Gasteiger partial charge in [-0.05, 0) is 53.7 Å². The Bertz CT molecular complexity index is 619. The smallest absolute Gasteiger partial charge is 0.0914 e. The van der Waals surface area contributed by atoms with Crippen LogP contribution in [-0.2, 0) is 32.2 Å². The van der Waals surface area contributed by atoms with Crippen LogP contribution in [0.2, 0.25) is 0 Å². The third-order valence-corrected chi connectivity index (χ3v) is 15.7. The van der Waals surface area contributed by atoms with Crippen LogP contribution in [0.25, 0.3) is 0 Å². The summed E-state index contributed by atoms with van der Waals surface area (Å²) in [6.07, 6.45) is 5.98. The van der Waals surface area contributed by atoms with Crippen molar-refractivity contribution in [3.63, 3.8) is 0 Å². The average molecular weight is 432 g/mol. The van der Waals surface area contributed by atoms with Crippen LogP contribution in [0.3, 0.4) is 0 Å². The Morgan fingerprint density at radius 2 is 0.667 bits per heavy atom. The van der Waals surface area contributed by atoms with Crippen LogP contribution in [0.4, 0.5) is 0 Å². The fraction of sp³-hybridized carbons (Fsp3) is 0.714. The van der Waals surface area contributed by atoms with Crippen molar-refractivity contribution in [2.75, 3.05) is 37.0 Å². The molecule has 27 heavy (non-hydrogen) atoms. The number of rotatable bonds is 12. The van der Waals surface area contributed by atoms with Gasteiger partial charge in [-0.2, -0.15) is 0 Å².